The molecule has 0 fully saturated rings. The van der Waals surface area contributed by atoms with Gasteiger partial charge in [0.25, 0.3) is 0 Å². The van der Waals surface area contributed by atoms with Crippen molar-refractivity contribution in [3.63, 3.8) is 0 Å². The first-order valence-electron chi connectivity index (χ1n) is 7.86. The Bertz CT molecular complexity index is 529. The van der Waals surface area contributed by atoms with Gasteiger partial charge in [0.05, 0.1) is 0 Å². The first-order valence-corrected chi connectivity index (χ1v) is 7.86. The summed E-state index contributed by atoms with van der Waals surface area (Å²) in [6.45, 7) is 6.76. The largest absolute Gasteiger partial charge is 0.366 e. The summed E-state index contributed by atoms with van der Waals surface area (Å²) in [5.74, 6) is -0.0632. The Kier molecular flexibility index (Phi) is 7.54. The van der Waals surface area contributed by atoms with Gasteiger partial charge in [0.1, 0.15) is 0 Å². The fourth-order valence-corrected chi connectivity index (χ4v) is 2.16. The van der Waals surface area contributed by atoms with Crippen LogP contribution in [0.3, 0.4) is 0 Å². The summed E-state index contributed by atoms with van der Waals surface area (Å²) in [6.07, 6.45) is 0. The number of hydrogen-bond acceptors (Lipinski definition) is 3. The van der Waals surface area contributed by atoms with E-state index in [2.05, 4.69) is 24.1 Å². The molecule has 0 aliphatic carbocycles. The van der Waals surface area contributed by atoms with Gasteiger partial charge < -0.3 is 20.9 Å². The maximum Gasteiger partial charge on any atom is 0.317 e. The zero-order valence-electron chi connectivity index (χ0n) is 14.5. The summed E-state index contributed by atoms with van der Waals surface area (Å²) in [6, 6.07) is 6.90. The number of likely N-dealkylation sites (N-methyl/N-ethyl adjacent to an activating group) is 1. The minimum atomic E-state index is -0.467. The van der Waals surface area contributed by atoms with Gasteiger partial charge in [0.2, 0.25) is 5.91 Å². The highest BCUT2D eigenvalue weighted by Gasteiger charge is 2.14. The van der Waals surface area contributed by atoms with E-state index in [0.29, 0.717) is 31.1 Å². The van der Waals surface area contributed by atoms with Crippen LogP contribution in [-0.2, 0) is 6.54 Å². The normalized spacial score (nSPS) is 10.9. The van der Waals surface area contributed by atoms with E-state index < -0.39 is 5.91 Å². The number of primary amides is 1. The van der Waals surface area contributed by atoms with Crippen LogP contribution in [0.1, 0.15) is 29.8 Å². The van der Waals surface area contributed by atoms with E-state index >= 15 is 0 Å². The standard InChI is InChI=1S/C17H28N4O2/c1-13(2)12-21(9-8-20(3)4)17(23)19-11-14-6-5-7-15(10-14)16(18)22/h5-7,10,13H,8-9,11-12H2,1-4H3,(H2,18,22)(H,19,23). The van der Waals surface area contributed by atoms with Crippen LogP contribution in [-0.4, -0.2) is 55.5 Å². The molecule has 0 aliphatic heterocycles. The fourth-order valence-electron chi connectivity index (χ4n) is 2.16. The molecule has 0 atom stereocenters. The number of nitrogens with zero attached hydrogens (tertiary/aromatic N) is 2. The molecule has 23 heavy (non-hydrogen) atoms. The monoisotopic (exact) mass is 320 g/mol. The summed E-state index contributed by atoms with van der Waals surface area (Å²) in [7, 11) is 3.97. The Balaban J connectivity index is 2.63. The van der Waals surface area contributed by atoms with E-state index in [4.69, 9.17) is 5.73 Å². The number of urea groups is 1. The van der Waals surface area contributed by atoms with E-state index in [1.54, 1.807) is 18.2 Å². The Morgan fingerprint density at radius 3 is 2.48 bits per heavy atom. The van der Waals surface area contributed by atoms with Crippen LogP contribution >= 0.6 is 0 Å². The van der Waals surface area contributed by atoms with Crippen molar-refractivity contribution in [3.05, 3.63) is 35.4 Å². The predicted octanol–water partition coefficient (Wildman–Crippen LogP) is 1.51. The fraction of sp³-hybridized carbons (Fsp3) is 0.529. The van der Waals surface area contributed by atoms with Gasteiger partial charge in [-0.2, -0.15) is 0 Å². The predicted molar refractivity (Wildman–Crippen MR) is 92.2 cm³/mol. The summed E-state index contributed by atoms with van der Waals surface area (Å²) in [5, 5.41) is 2.91. The quantitative estimate of drug-likeness (QED) is 0.762. The van der Waals surface area contributed by atoms with Gasteiger partial charge >= 0.3 is 6.03 Å². The third-order valence-corrected chi connectivity index (χ3v) is 3.35. The zero-order chi connectivity index (χ0) is 17.4. The number of carbonyl (C=O) groups is 2. The molecule has 0 saturated heterocycles. The molecular weight excluding hydrogens is 292 g/mol. The van der Waals surface area contributed by atoms with Crippen LogP contribution in [0.5, 0.6) is 0 Å². The zero-order valence-corrected chi connectivity index (χ0v) is 14.5. The van der Waals surface area contributed by atoms with Crippen molar-refractivity contribution in [1.29, 1.82) is 0 Å². The highest BCUT2D eigenvalue weighted by molar-refractivity contribution is 5.92. The molecule has 6 heteroatoms. The molecule has 0 bridgehead atoms. The van der Waals surface area contributed by atoms with Gasteiger partial charge in [0, 0.05) is 31.7 Å². The van der Waals surface area contributed by atoms with Crippen molar-refractivity contribution in [3.8, 4) is 0 Å². The van der Waals surface area contributed by atoms with Crippen LogP contribution in [0.4, 0.5) is 4.79 Å². The number of amides is 3. The van der Waals surface area contributed by atoms with E-state index in [1.165, 1.54) is 0 Å². The number of benzene rings is 1. The van der Waals surface area contributed by atoms with Gasteiger partial charge in [-0.15, -0.1) is 0 Å². The molecule has 0 heterocycles. The van der Waals surface area contributed by atoms with E-state index in [1.807, 2.05) is 25.1 Å². The molecule has 1 aromatic carbocycles. The summed E-state index contributed by atoms with van der Waals surface area (Å²) in [5.41, 5.74) is 6.57. The van der Waals surface area contributed by atoms with Crippen molar-refractivity contribution in [2.75, 3.05) is 33.7 Å². The minimum absolute atomic E-state index is 0.0926. The van der Waals surface area contributed by atoms with E-state index in [9.17, 15) is 9.59 Å². The second kappa shape index (κ2) is 9.15. The van der Waals surface area contributed by atoms with Gasteiger partial charge in [0.15, 0.2) is 0 Å². The van der Waals surface area contributed by atoms with Crippen molar-refractivity contribution < 1.29 is 9.59 Å². The molecule has 0 aromatic heterocycles. The summed E-state index contributed by atoms with van der Waals surface area (Å²) >= 11 is 0. The second-order valence-corrected chi connectivity index (χ2v) is 6.37. The molecular formula is C17H28N4O2. The molecule has 0 spiro atoms. The lowest BCUT2D eigenvalue weighted by atomic mass is 10.1. The first kappa shape index (κ1) is 19.0. The van der Waals surface area contributed by atoms with Crippen LogP contribution in [0.15, 0.2) is 24.3 Å². The lowest BCUT2D eigenvalue weighted by molar-refractivity contribution is 0.1000. The number of rotatable bonds is 8. The topological polar surface area (TPSA) is 78.7 Å². The highest BCUT2D eigenvalue weighted by atomic mass is 16.2. The number of nitrogens with two attached hydrogens (primary N) is 1. The number of nitrogens with one attached hydrogen (secondary N) is 1. The highest BCUT2D eigenvalue weighted by Crippen LogP contribution is 2.05. The Labute approximate surface area is 138 Å². The van der Waals surface area contributed by atoms with Crippen LogP contribution in [0.25, 0.3) is 0 Å². The summed E-state index contributed by atoms with van der Waals surface area (Å²) in [4.78, 5) is 27.5. The molecule has 128 valence electrons. The smallest absolute Gasteiger partial charge is 0.317 e. The second-order valence-electron chi connectivity index (χ2n) is 6.37. The van der Waals surface area contributed by atoms with Crippen LogP contribution in [0, 0.1) is 5.92 Å². The SMILES string of the molecule is CC(C)CN(CCN(C)C)C(=O)NCc1cccc(C(N)=O)c1. The molecule has 1 rings (SSSR count). The van der Waals surface area contributed by atoms with Gasteiger partial charge in [-0.05, 0) is 37.7 Å². The molecule has 0 unspecified atom stereocenters. The average Bonchev–Trinajstić information content (AvgIpc) is 2.48. The molecule has 0 aliphatic rings. The number of carbonyl (C=O) groups excluding carboxylic acids is 2. The number of hydrogen-bond donors (Lipinski definition) is 2. The van der Waals surface area contributed by atoms with Crippen LogP contribution in [0.2, 0.25) is 0 Å². The van der Waals surface area contributed by atoms with Crippen molar-refractivity contribution in [2.45, 2.75) is 20.4 Å². The van der Waals surface area contributed by atoms with E-state index in [0.717, 1.165) is 12.1 Å². The molecule has 3 N–H and O–H groups in total. The Hall–Kier alpha value is -2.08. The van der Waals surface area contributed by atoms with E-state index in [-0.39, 0.29) is 6.03 Å². The lowest BCUT2D eigenvalue weighted by Gasteiger charge is -2.26. The molecule has 0 saturated carbocycles. The third-order valence-electron chi connectivity index (χ3n) is 3.35. The van der Waals surface area contributed by atoms with Crippen molar-refractivity contribution >= 4 is 11.9 Å². The summed E-state index contributed by atoms with van der Waals surface area (Å²) < 4.78 is 0. The van der Waals surface area contributed by atoms with Gasteiger partial charge in [-0.1, -0.05) is 26.0 Å². The average molecular weight is 320 g/mol. The molecule has 1 aromatic rings. The molecule has 0 radical (unpaired) electrons. The van der Waals surface area contributed by atoms with Crippen LogP contribution < -0.4 is 11.1 Å². The Morgan fingerprint density at radius 2 is 1.91 bits per heavy atom. The third kappa shape index (κ3) is 7.15. The van der Waals surface area contributed by atoms with Gasteiger partial charge in [-0.3, -0.25) is 4.79 Å². The maximum absolute atomic E-state index is 12.4. The van der Waals surface area contributed by atoms with Crippen molar-refractivity contribution in [2.24, 2.45) is 11.7 Å². The van der Waals surface area contributed by atoms with Crippen molar-refractivity contribution in [1.82, 2.24) is 15.1 Å². The van der Waals surface area contributed by atoms with Gasteiger partial charge in [-0.25, -0.2) is 4.79 Å². The first-order chi connectivity index (χ1) is 10.8. The maximum atomic E-state index is 12.4. The minimum Gasteiger partial charge on any atom is -0.366 e. The molecule has 3 amide bonds. The lowest BCUT2D eigenvalue weighted by Crippen LogP contribution is -2.44. The molecule has 6 nitrogen and oxygen atoms in total. The Morgan fingerprint density at radius 1 is 1.22 bits per heavy atom.